The van der Waals surface area contributed by atoms with Gasteiger partial charge in [0.2, 0.25) is 0 Å². The summed E-state index contributed by atoms with van der Waals surface area (Å²) in [6, 6.07) is 7.00. The van der Waals surface area contributed by atoms with Gasteiger partial charge in [0, 0.05) is 31.8 Å². The van der Waals surface area contributed by atoms with Crippen molar-refractivity contribution in [3.05, 3.63) is 52.7 Å². The molecule has 1 spiro atoms. The first-order valence-electron chi connectivity index (χ1n) is 10.2. The molecule has 1 aliphatic heterocycles. The van der Waals surface area contributed by atoms with Crippen molar-refractivity contribution in [1.82, 2.24) is 24.4 Å². The van der Waals surface area contributed by atoms with E-state index in [9.17, 15) is 9.59 Å². The van der Waals surface area contributed by atoms with Crippen LogP contribution in [0, 0.1) is 5.41 Å². The van der Waals surface area contributed by atoms with E-state index in [0.29, 0.717) is 11.1 Å². The summed E-state index contributed by atoms with van der Waals surface area (Å²) in [5.41, 5.74) is 1.86. The molecular weight excluding hydrogens is 368 g/mol. The van der Waals surface area contributed by atoms with Crippen LogP contribution < -0.4 is 10.5 Å². The molecule has 0 N–H and O–H groups in total. The zero-order valence-corrected chi connectivity index (χ0v) is 16.3. The predicted octanol–water partition coefficient (Wildman–Crippen LogP) is 1.87. The molecule has 0 radical (unpaired) electrons. The summed E-state index contributed by atoms with van der Waals surface area (Å²) < 4.78 is 3.08. The molecule has 0 aromatic carbocycles. The molecule has 150 valence electrons. The number of carbonyl (C=O) groups excluding carboxylic acids is 1. The maximum atomic E-state index is 12.6. The second-order valence-corrected chi connectivity index (χ2v) is 8.37. The second-order valence-electron chi connectivity index (χ2n) is 8.37. The number of ketones is 1. The zero-order chi connectivity index (χ0) is 19.8. The van der Waals surface area contributed by atoms with Gasteiger partial charge in [-0.25, -0.2) is 4.68 Å². The minimum atomic E-state index is -0.248. The summed E-state index contributed by atoms with van der Waals surface area (Å²) in [6.45, 7) is 1.91. The smallest absolute Gasteiger partial charge is 0.267 e. The minimum Gasteiger partial charge on any atom is -0.355 e. The van der Waals surface area contributed by atoms with Crippen LogP contribution in [0.15, 0.2) is 41.6 Å². The van der Waals surface area contributed by atoms with Crippen LogP contribution in [-0.4, -0.2) is 43.3 Å². The molecule has 8 heteroatoms. The second kappa shape index (κ2) is 7.09. The van der Waals surface area contributed by atoms with Gasteiger partial charge in [-0.2, -0.15) is 5.10 Å². The molecule has 1 saturated heterocycles. The number of piperidine rings is 1. The molecule has 3 aromatic heterocycles. The van der Waals surface area contributed by atoms with Gasteiger partial charge < -0.3 is 4.90 Å². The van der Waals surface area contributed by atoms with Gasteiger partial charge >= 0.3 is 0 Å². The number of rotatable bonds is 5. The Balaban J connectivity index is 1.27. The van der Waals surface area contributed by atoms with E-state index in [1.807, 2.05) is 18.3 Å². The van der Waals surface area contributed by atoms with Gasteiger partial charge in [-0.3, -0.25) is 14.0 Å². The Hall–Kier alpha value is -3.03. The molecule has 2 fully saturated rings. The van der Waals surface area contributed by atoms with Crippen LogP contribution in [0.25, 0.3) is 5.65 Å². The number of carbonyl (C=O) groups is 1. The molecule has 4 heterocycles. The Bertz CT molecular complexity index is 1100. The third kappa shape index (κ3) is 3.54. The van der Waals surface area contributed by atoms with E-state index in [2.05, 4.69) is 20.2 Å². The SMILES string of the molecule is O=C(Cc1ccn2cnnc2c1)Cn1nc(N2CCC3(CCC3)CC2)ccc1=O. The Labute approximate surface area is 168 Å². The normalized spacial score (nSPS) is 18.1. The van der Waals surface area contributed by atoms with Crippen LogP contribution in [0.2, 0.25) is 0 Å². The van der Waals surface area contributed by atoms with Crippen molar-refractivity contribution in [2.24, 2.45) is 5.41 Å². The average molecular weight is 392 g/mol. The molecule has 8 nitrogen and oxygen atoms in total. The highest BCUT2D eigenvalue weighted by Crippen LogP contribution is 2.49. The highest BCUT2D eigenvalue weighted by atomic mass is 16.1. The summed E-state index contributed by atoms with van der Waals surface area (Å²) in [5.74, 6) is 0.726. The lowest BCUT2D eigenvalue weighted by Gasteiger charge is -2.48. The van der Waals surface area contributed by atoms with E-state index in [1.165, 1.54) is 42.9 Å². The molecule has 5 rings (SSSR count). The maximum absolute atomic E-state index is 12.6. The summed E-state index contributed by atoms with van der Waals surface area (Å²) >= 11 is 0. The highest BCUT2D eigenvalue weighted by Gasteiger charge is 2.39. The van der Waals surface area contributed by atoms with Crippen LogP contribution in [0.5, 0.6) is 0 Å². The van der Waals surface area contributed by atoms with Crippen molar-refractivity contribution in [2.45, 2.75) is 45.1 Å². The number of anilines is 1. The third-order valence-electron chi connectivity index (χ3n) is 6.51. The molecule has 3 aromatic rings. The maximum Gasteiger partial charge on any atom is 0.267 e. The van der Waals surface area contributed by atoms with E-state index >= 15 is 0 Å². The number of Topliss-reactive ketones (excluding diaryl/α,β-unsaturated/α-hetero) is 1. The van der Waals surface area contributed by atoms with Crippen molar-refractivity contribution < 1.29 is 4.79 Å². The van der Waals surface area contributed by atoms with Gasteiger partial charge in [0.1, 0.15) is 18.7 Å². The standard InChI is InChI=1S/C21H24N6O2/c28-17(12-16-4-9-26-15-22-23-19(26)13-16)14-27-20(29)3-2-18(24-27)25-10-7-21(8-11-25)5-1-6-21/h2-4,9,13,15H,1,5-8,10-12,14H2. The lowest BCUT2D eigenvalue weighted by atomic mass is 9.63. The summed E-state index contributed by atoms with van der Waals surface area (Å²) in [4.78, 5) is 27.1. The molecule has 2 aliphatic rings. The number of aromatic nitrogens is 5. The number of nitrogens with zero attached hydrogens (tertiary/aromatic N) is 6. The molecule has 1 saturated carbocycles. The van der Waals surface area contributed by atoms with Gasteiger partial charge in [-0.1, -0.05) is 6.42 Å². The summed E-state index contributed by atoms with van der Waals surface area (Å²) in [6.07, 6.45) is 10.1. The summed E-state index contributed by atoms with van der Waals surface area (Å²) in [5, 5.41) is 12.3. The Morgan fingerprint density at radius 2 is 1.93 bits per heavy atom. The Morgan fingerprint density at radius 3 is 2.69 bits per heavy atom. The van der Waals surface area contributed by atoms with Crippen molar-refractivity contribution in [1.29, 1.82) is 0 Å². The summed E-state index contributed by atoms with van der Waals surface area (Å²) in [7, 11) is 0. The van der Waals surface area contributed by atoms with Crippen molar-refractivity contribution >= 4 is 17.2 Å². The zero-order valence-electron chi connectivity index (χ0n) is 16.3. The van der Waals surface area contributed by atoms with Gasteiger partial charge in [-0.15, -0.1) is 10.2 Å². The first-order chi connectivity index (χ1) is 14.1. The van der Waals surface area contributed by atoms with Gasteiger partial charge in [-0.05, 0) is 54.9 Å². The van der Waals surface area contributed by atoms with Crippen LogP contribution in [0.3, 0.4) is 0 Å². The lowest BCUT2D eigenvalue weighted by molar-refractivity contribution is -0.119. The average Bonchev–Trinajstić information content (AvgIpc) is 3.16. The van der Waals surface area contributed by atoms with E-state index in [1.54, 1.807) is 16.8 Å². The number of hydrogen-bond donors (Lipinski definition) is 0. The van der Waals surface area contributed by atoms with Crippen LogP contribution >= 0.6 is 0 Å². The Kier molecular flexibility index (Phi) is 4.41. The van der Waals surface area contributed by atoms with Gasteiger partial charge in [0.25, 0.3) is 5.56 Å². The molecule has 0 atom stereocenters. The largest absolute Gasteiger partial charge is 0.355 e. The third-order valence-corrected chi connectivity index (χ3v) is 6.51. The van der Waals surface area contributed by atoms with E-state index in [-0.39, 0.29) is 24.3 Å². The van der Waals surface area contributed by atoms with Gasteiger partial charge in [0.15, 0.2) is 11.4 Å². The molecule has 0 unspecified atom stereocenters. The quantitative estimate of drug-likeness (QED) is 0.659. The Morgan fingerprint density at radius 1 is 1.10 bits per heavy atom. The van der Waals surface area contributed by atoms with E-state index in [4.69, 9.17) is 0 Å². The fourth-order valence-corrected chi connectivity index (χ4v) is 4.53. The number of fused-ring (bicyclic) bond motifs is 1. The van der Waals surface area contributed by atoms with E-state index in [0.717, 1.165) is 24.5 Å². The fourth-order valence-electron chi connectivity index (χ4n) is 4.53. The van der Waals surface area contributed by atoms with Crippen LogP contribution in [0.4, 0.5) is 5.82 Å². The van der Waals surface area contributed by atoms with E-state index < -0.39 is 0 Å². The van der Waals surface area contributed by atoms with Gasteiger partial charge in [0.05, 0.1) is 0 Å². The van der Waals surface area contributed by atoms with Crippen LogP contribution in [0.1, 0.15) is 37.7 Å². The van der Waals surface area contributed by atoms with Crippen molar-refractivity contribution in [3.63, 3.8) is 0 Å². The predicted molar refractivity (Wildman–Crippen MR) is 108 cm³/mol. The minimum absolute atomic E-state index is 0.0255. The molecule has 0 bridgehead atoms. The number of pyridine rings is 1. The molecule has 1 aliphatic carbocycles. The number of hydrogen-bond acceptors (Lipinski definition) is 6. The fraction of sp³-hybridized carbons (Fsp3) is 0.476. The van der Waals surface area contributed by atoms with Crippen molar-refractivity contribution in [2.75, 3.05) is 18.0 Å². The first kappa shape index (κ1) is 18.0. The van der Waals surface area contributed by atoms with Crippen LogP contribution in [-0.2, 0) is 17.8 Å². The monoisotopic (exact) mass is 392 g/mol. The van der Waals surface area contributed by atoms with Crippen molar-refractivity contribution in [3.8, 4) is 0 Å². The first-order valence-corrected chi connectivity index (χ1v) is 10.2. The highest BCUT2D eigenvalue weighted by molar-refractivity contribution is 5.80. The molecular formula is C21H24N6O2. The lowest BCUT2D eigenvalue weighted by Crippen LogP contribution is -2.44. The molecule has 0 amide bonds. The molecule has 29 heavy (non-hydrogen) atoms. The topological polar surface area (TPSA) is 85.4 Å².